The fourth-order valence-corrected chi connectivity index (χ4v) is 6.91. The Morgan fingerprint density at radius 1 is 0.508 bits per heavy atom. The van der Waals surface area contributed by atoms with Crippen molar-refractivity contribution in [3.63, 3.8) is 0 Å². The number of carbonyl (C=O) groups excluding carboxylic acids is 2. The number of amides is 1. The van der Waals surface area contributed by atoms with Crippen LogP contribution in [0.25, 0.3) is 0 Å². The highest BCUT2D eigenvalue weighted by molar-refractivity contribution is 5.77. The second-order valence-electron chi connectivity index (χ2n) is 16.3. The number of aliphatic hydroxyl groups excluding tert-OH is 2. The zero-order valence-electron chi connectivity index (χ0n) is 38.4. The average molecular weight is 822 g/mol. The molecule has 0 fully saturated rings. The fraction of sp³-hybridized carbons (Fsp3) is 0.698. The minimum atomic E-state index is -0.804. The van der Waals surface area contributed by atoms with Crippen molar-refractivity contribution in [1.82, 2.24) is 5.32 Å². The van der Waals surface area contributed by atoms with Crippen LogP contribution in [-0.2, 0) is 14.3 Å². The molecule has 1 amide bonds. The Kier molecular flexibility index (Phi) is 43.8. The molecular formula is C53H91NO5. The van der Waals surface area contributed by atoms with Crippen molar-refractivity contribution in [1.29, 1.82) is 0 Å². The molecule has 6 nitrogen and oxygen atoms in total. The average Bonchev–Trinajstić information content (AvgIpc) is 3.23. The molecule has 0 bridgehead atoms. The lowest BCUT2D eigenvalue weighted by atomic mass is 10.0. The van der Waals surface area contributed by atoms with Crippen LogP contribution in [0.4, 0.5) is 0 Å². The molecule has 3 atom stereocenters. The van der Waals surface area contributed by atoms with Gasteiger partial charge in [-0.05, 0) is 70.6 Å². The maximum absolute atomic E-state index is 13.2. The third kappa shape index (κ3) is 41.6. The van der Waals surface area contributed by atoms with Gasteiger partial charge in [-0.1, -0.05) is 215 Å². The first-order valence-electron chi connectivity index (χ1n) is 24.4. The smallest absolute Gasteiger partial charge is 0.306 e. The number of carbonyl (C=O) groups is 2. The summed E-state index contributed by atoms with van der Waals surface area (Å²) in [5.41, 5.74) is 0. The largest absolute Gasteiger partial charge is 0.462 e. The molecule has 338 valence electrons. The molecule has 0 rings (SSSR count). The van der Waals surface area contributed by atoms with E-state index in [1.54, 1.807) is 0 Å². The second-order valence-corrected chi connectivity index (χ2v) is 16.3. The minimum absolute atomic E-state index is 0.0422. The van der Waals surface area contributed by atoms with Crippen molar-refractivity contribution in [3.05, 3.63) is 85.1 Å². The number of allylic oxidation sites excluding steroid dienone is 14. The van der Waals surface area contributed by atoms with Gasteiger partial charge < -0.3 is 20.3 Å². The molecule has 0 saturated heterocycles. The molecule has 0 aromatic rings. The zero-order chi connectivity index (χ0) is 43.1. The van der Waals surface area contributed by atoms with E-state index in [-0.39, 0.29) is 24.9 Å². The van der Waals surface area contributed by atoms with Crippen LogP contribution in [-0.4, -0.2) is 46.9 Å². The summed E-state index contributed by atoms with van der Waals surface area (Å²) in [5.74, 6) is -0.550. The highest BCUT2D eigenvalue weighted by atomic mass is 16.5. The third-order valence-electron chi connectivity index (χ3n) is 10.6. The monoisotopic (exact) mass is 822 g/mol. The number of aliphatic hydroxyl groups is 2. The normalized spacial score (nSPS) is 14.1. The van der Waals surface area contributed by atoms with Crippen molar-refractivity contribution in [2.75, 3.05) is 6.61 Å². The van der Waals surface area contributed by atoms with Gasteiger partial charge in [-0.3, -0.25) is 9.59 Å². The Morgan fingerprint density at radius 3 is 1.44 bits per heavy atom. The molecule has 0 spiro atoms. The quantitative estimate of drug-likeness (QED) is 0.0324. The van der Waals surface area contributed by atoms with E-state index >= 15 is 0 Å². The number of nitrogens with one attached hydrogen (secondary N) is 1. The van der Waals surface area contributed by atoms with Crippen LogP contribution >= 0.6 is 0 Å². The number of rotatable bonds is 42. The molecule has 0 aliphatic rings. The molecular weight excluding hydrogens is 731 g/mol. The summed E-state index contributed by atoms with van der Waals surface area (Å²) < 4.78 is 5.89. The van der Waals surface area contributed by atoms with Gasteiger partial charge in [0.05, 0.1) is 25.2 Å². The predicted molar refractivity (Wildman–Crippen MR) is 254 cm³/mol. The SMILES string of the molecule is CC/C=C/C=C/C=C\C=C/C=C/CCCCCC(=O)OC(CCCCCC/C=C/C=C/CCCCC)CC(=O)NC(CO)C(O)CCCCCCCCCCCCCC. The molecule has 0 aromatic carbocycles. The maximum atomic E-state index is 13.2. The van der Waals surface area contributed by atoms with Crippen molar-refractivity contribution in [2.45, 2.75) is 232 Å². The van der Waals surface area contributed by atoms with E-state index < -0.39 is 18.2 Å². The van der Waals surface area contributed by atoms with Crippen LogP contribution in [0.15, 0.2) is 85.1 Å². The highest BCUT2D eigenvalue weighted by Crippen LogP contribution is 2.17. The lowest BCUT2D eigenvalue weighted by Crippen LogP contribution is -2.46. The Labute approximate surface area is 363 Å². The standard InChI is InChI=1S/C53H91NO5/c1-4-7-10-13-16-19-22-25-26-28-31-34-37-40-43-46-53(58)59-49(44-41-38-35-32-29-27-23-20-17-14-11-8-5-2)47-52(57)54-50(48-55)51(56)45-42-39-36-33-30-24-21-18-15-12-9-6-3/h7,10,13,16-17,19-20,22-23,25-28,31,49-51,55-56H,4-6,8-9,11-12,14-15,18,21,24,29-30,32-48H2,1-3H3,(H,54,57)/b10-7+,16-13+,20-17+,22-19-,26-25-,27-23+,31-28+. The molecule has 3 unspecified atom stereocenters. The van der Waals surface area contributed by atoms with Gasteiger partial charge in [0.25, 0.3) is 0 Å². The van der Waals surface area contributed by atoms with Crippen LogP contribution in [0.5, 0.6) is 0 Å². The minimum Gasteiger partial charge on any atom is -0.462 e. The van der Waals surface area contributed by atoms with Crippen LogP contribution < -0.4 is 5.32 Å². The molecule has 6 heteroatoms. The number of hydrogen-bond acceptors (Lipinski definition) is 5. The van der Waals surface area contributed by atoms with Gasteiger partial charge in [0, 0.05) is 6.42 Å². The van der Waals surface area contributed by atoms with Crippen LogP contribution in [0, 0.1) is 0 Å². The van der Waals surface area contributed by atoms with E-state index in [1.165, 1.54) is 77.0 Å². The number of unbranched alkanes of at least 4 members (excludes halogenated alkanes) is 21. The van der Waals surface area contributed by atoms with Crippen LogP contribution in [0.1, 0.15) is 213 Å². The van der Waals surface area contributed by atoms with Gasteiger partial charge in [-0.2, -0.15) is 0 Å². The van der Waals surface area contributed by atoms with Gasteiger partial charge in [-0.15, -0.1) is 0 Å². The summed E-state index contributed by atoms with van der Waals surface area (Å²) in [6, 6.07) is -0.720. The molecule has 0 aliphatic heterocycles. The molecule has 0 heterocycles. The van der Waals surface area contributed by atoms with E-state index in [1.807, 2.05) is 42.5 Å². The van der Waals surface area contributed by atoms with Crippen LogP contribution in [0.2, 0.25) is 0 Å². The molecule has 0 saturated carbocycles. The van der Waals surface area contributed by atoms with Gasteiger partial charge in [0.1, 0.15) is 6.10 Å². The first-order chi connectivity index (χ1) is 29.0. The summed E-state index contributed by atoms with van der Waals surface area (Å²) >= 11 is 0. The van der Waals surface area contributed by atoms with E-state index in [0.29, 0.717) is 19.3 Å². The van der Waals surface area contributed by atoms with Gasteiger partial charge in [0.15, 0.2) is 0 Å². The highest BCUT2D eigenvalue weighted by Gasteiger charge is 2.24. The Hall–Kier alpha value is -2.96. The van der Waals surface area contributed by atoms with Crippen molar-refractivity contribution in [2.24, 2.45) is 0 Å². The first kappa shape index (κ1) is 56.0. The zero-order valence-corrected chi connectivity index (χ0v) is 38.4. The first-order valence-corrected chi connectivity index (χ1v) is 24.4. The van der Waals surface area contributed by atoms with E-state index in [4.69, 9.17) is 4.74 Å². The van der Waals surface area contributed by atoms with Crippen molar-refractivity contribution in [3.8, 4) is 0 Å². The third-order valence-corrected chi connectivity index (χ3v) is 10.6. The van der Waals surface area contributed by atoms with Crippen molar-refractivity contribution < 1.29 is 24.5 Å². The second kappa shape index (κ2) is 46.1. The number of hydrogen-bond donors (Lipinski definition) is 3. The summed E-state index contributed by atoms with van der Waals surface area (Å²) in [5, 5.41) is 23.7. The predicted octanol–water partition coefficient (Wildman–Crippen LogP) is 14.4. The van der Waals surface area contributed by atoms with E-state index in [2.05, 4.69) is 68.6 Å². The Balaban J connectivity index is 4.72. The fourth-order valence-electron chi connectivity index (χ4n) is 6.91. The molecule has 0 radical (unpaired) electrons. The molecule has 3 N–H and O–H groups in total. The van der Waals surface area contributed by atoms with Crippen LogP contribution in [0.3, 0.4) is 0 Å². The number of ether oxygens (including phenoxy) is 1. The maximum Gasteiger partial charge on any atom is 0.306 e. The van der Waals surface area contributed by atoms with E-state index in [0.717, 1.165) is 89.9 Å². The van der Waals surface area contributed by atoms with Crippen molar-refractivity contribution >= 4 is 11.9 Å². The molecule has 0 aromatic heterocycles. The van der Waals surface area contributed by atoms with Gasteiger partial charge >= 0.3 is 5.97 Å². The lowest BCUT2D eigenvalue weighted by Gasteiger charge is -2.24. The van der Waals surface area contributed by atoms with Gasteiger partial charge in [0.2, 0.25) is 5.91 Å². The topological polar surface area (TPSA) is 95.9 Å². The van der Waals surface area contributed by atoms with E-state index in [9.17, 15) is 19.8 Å². The lowest BCUT2D eigenvalue weighted by molar-refractivity contribution is -0.151. The summed E-state index contributed by atoms with van der Waals surface area (Å²) in [6.07, 6.45) is 59.2. The van der Waals surface area contributed by atoms with Gasteiger partial charge in [-0.25, -0.2) is 0 Å². The summed E-state index contributed by atoms with van der Waals surface area (Å²) in [7, 11) is 0. The summed E-state index contributed by atoms with van der Waals surface area (Å²) in [6.45, 7) is 6.28. The molecule has 0 aliphatic carbocycles. The number of esters is 1. The summed E-state index contributed by atoms with van der Waals surface area (Å²) in [4.78, 5) is 26.1. The Bertz CT molecular complexity index is 1150. The molecule has 59 heavy (non-hydrogen) atoms. The Morgan fingerprint density at radius 2 is 0.915 bits per heavy atom.